The third-order valence-electron chi connectivity index (χ3n) is 2.77. The van der Waals surface area contributed by atoms with Crippen molar-refractivity contribution in [1.82, 2.24) is 0 Å². The van der Waals surface area contributed by atoms with Crippen molar-refractivity contribution in [3.8, 4) is 12.1 Å². The molecule has 2 aromatic carbocycles. The lowest BCUT2D eigenvalue weighted by Gasteiger charge is -2.01. The summed E-state index contributed by atoms with van der Waals surface area (Å²) in [4.78, 5) is 0. The predicted octanol–water partition coefficient (Wildman–Crippen LogP) is 3.98. The molecule has 2 N–H and O–H groups in total. The first-order chi connectivity index (χ1) is 10.7. The smallest absolute Gasteiger partial charge is 0.0992 e. The van der Waals surface area contributed by atoms with E-state index in [9.17, 15) is 0 Å². The third-order valence-corrected chi connectivity index (χ3v) is 2.77. The molecule has 4 heteroatoms. The second-order valence-corrected chi connectivity index (χ2v) is 4.44. The van der Waals surface area contributed by atoms with Crippen molar-refractivity contribution < 1.29 is 0 Å². The number of nitrogens with zero attached hydrogens (tertiary/aromatic N) is 2. The van der Waals surface area contributed by atoms with Crippen molar-refractivity contribution in [3.05, 3.63) is 59.7 Å². The maximum atomic E-state index is 8.55. The minimum atomic E-state index is 0.698. The predicted molar refractivity (Wildman–Crippen MR) is 90.6 cm³/mol. The van der Waals surface area contributed by atoms with Gasteiger partial charge in [-0.15, -0.1) is 0 Å². The molecule has 0 amide bonds. The molecule has 0 spiro atoms. The van der Waals surface area contributed by atoms with E-state index in [0.717, 1.165) is 24.5 Å². The normalized spacial score (nSPS) is 8.73. The maximum absolute atomic E-state index is 8.55. The number of nitriles is 2. The molecular weight excluding hydrogens is 272 g/mol. The first kappa shape index (κ1) is 17.1. The van der Waals surface area contributed by atoms with Gasteiger partial charge in [0.15, 0.2) is 0 Å². The van der Waals surface area contributed by atoms with E-state index in [2.05, 4.69) is 22.8 Å². The van der Waals surface area contributed by atoms with E-state index < -0.39 is 0 Å². The lowest BCUT2D eigenvalue weighted by atomic mass is 10.2. The maximum Gasteiger partial charge on any atom is 0.0992 e. The van der Waals surface area contributed by atoms with Crippen LogP contribution in [0.15, 0.2) is 48.5 Å². The van der Waals surface area contributed by atoms with Gasteiger partial charge in [0.2, 0.25) is 0 Å². The van der Waals surface area contributed by atoms with Crippen LogP contribution < -0.4 is 10.6 Å². The first-order valence-corrected chi connectivity index (χ1v) is 7.21. The fourth-order valence-electron chi connectivity index (χ4n) is 1.77. The van der Waals surface area contributed by atoms with Crippen LogP contribution in [0, 0.1) is 22.7 Å². The summed E-state index contributed by atoms with van der Waals surface area (Å²) in [5, 5.41) is 23.3. The molecule has 0 aliphatic heterocycles. The lowest BCUT2D eigenvalue weighted by Crippen LogP contribution is -1.95. The lowest BCUT2D eigenvalue weighted by molar-refractivity contribution is 1.21. The molecule has 0 atom stereocenters. The van der Waals surface area contributed by atoms with Gasteiger partial charge >= 0.3 is 0 Å². The molecule has 2 rings (SSSR count). The zero-order valence-electron chi connectivity index (χ0n) is 12.9. The topological polar surface area (TPSA) is 71.6 Å². The van der Waals surface area contributed by atoms with Crippen LogP contribution in [0.4, 0.5) is 11.4 Å². The molecule has 0 aromatic heterocycles. The highest BCUT2D eigenvalue weighted by Crippen LogP contribution is 2.08. The molecule has 0 fully saturated rings. The number of benzene rings is 2. The van der Waals surface area contributed by atoms with Crippen molar-refractivity contribution in [2.45, 2.75) is 13.8 Å². The fourth-order valence-corrected chi connectivity index (χ4v) is 1.77. The van der Waals surface area contributed by atoms with Gasteiger partial charge in [-0.1, -0.05) is 6.07 Å². The Morgan fingerprint density at radius 3 is 1.91 bits per heavy atom. The van der Waals surface area contributed by atoms with E-state index in [1.165, 1.54) is 0 Å². The summed E-state index contributed by atoms with van der Waals surface area (Å²) in [7, 11) is 0. The highest BCUT2D eigenvalue weighted by Gasteiger charge is 1.91. The van der Waals surface area contributed by atoms with Crippen LogP contribution in [0.1, 0.15) is 25.0 Å². The zero-order chi connectivity index (χ0) is 16.2. The highest BCUT2D eigenvalue weighted by atomic mass is 14.8. The Kier molecular flexibility index (Phi) is 7.64. The van der Waals surface area contributed by atoms with Crippen LogP contribution in [0.5, 0.6) is 0 Å². The van der Waals surface area contributed by atoms with Crippen molar-refractivity contribution in [3.63, 3.8) is 0 Å². The van der Waals surface area contributed by atoms with Gasteiger partial charge in [-0.05, 0) is 56.3 Å². The van der Waals surface area contributed by atoms with Gasteiger partial charge in [-0.2, -0.15) is 10.5 Å². The van der Waals surface area contributed by atoms with Crippen LogP contribution in [-0.2, 0) is 0 Å². The van der Waals surface area contributed by atoms with E-state index in [-0.39, 0.29) is 0 Å². The van der Waals surface area contributed by atoms with Gasteiger partial charge in [0.05, 0.1) is 23.3 Å². The second kappa shape index (κ2) is 9.85. The zero-order valence-corrected chi connectivity index (χ0v) is 12.9. The molecule has 0 saturated carbocycles. The molecule has 0 bridgehead atoms. The first-order valence-electron chi connectivity index (χ1n) is 7.21. The number of nitrogens with one attached hydrogen (secondary N) is 2. The minimum Gasteiger partial charge on any atom is -0.385 e. The van der Waals surface area contributed by atoms with Crippen LogP contribution >= 0.6 is 0 Å². The summed E-state index contributed by atoms with van der Waals surface area (Å²) in [6.45, 7) is 5.86. The van der Waals surface area contributed by atoms with Crippen LogP contribution in [0.25, 0.3) is 0 Å². The molecule has 0 aliphatic rings. The summed E-state index contributed by atoms with van der Waals surface area (Å²) in [6.07, 6.45) is 0. The van der Waals surface area contributed by atoms with E-state index in [4.69, 9.17) is 10.5 Å². The Hall–Kier alpha value is -2.98. The Labute approximate surface area is 132 Å². The molecular formula is C18H20N4. The molecule has 112 valence electrons. The average Bonchev–Trinajstić information content (AvgIpc) is 2.57. The van der Waals surface area contributed by atoms with Crippen molar-refractivity contribution in [2.75, 3.05) is 23.7 Å². The van der Waals surface area contributed by atoms with Gasteiger partial charge in [0.1, 0.15) is 0 Å². The van der Waals surface area contributed by atoms with Crippen molar-refractivity contribution in [2.24, 2.45) is 0 Å². The second-order valence-electron chi connectivity index (χ2n) is 4.44. The van der Waals surface area contributed by atoms with E-state index >= 15 is 0 Å². The van der Waals surface area contributed by atoms with Gasteiger partial charge in [0.25, 0.3) is 0 Å². The van der Waals surface area contributed by atoms with Crippen LogP contribution in [0.3, 0.4) is 0 Å². The van der Waals surface area contributed by atoms with E-state index in [0.29, 0.717) is 11.1 Å². The van der Waals surface area contributed by atoms with Crippen LogP contribution in [0.2, 0.25) is 0 Å². The Morgan fingerprint density at radius 2 is 1.36 bits per heavy atom. The van der Waals surface area contributed by atoms with E-state index in [1.54, 1.807) is 18.2 Å². The Balaban J connectivity index is 0.000000220. The summed E-state index contributed by atoms with van der Waals surface area (Å²) < 4.78 is 0. The summed E-state index contributed by atoms with van der Waals surface area (Å²) in [6, 6.07) is 19.0. The van der Waals surface area contributed by atoms with Gasteiger partial charge in [-0.25, -0.2) is 0 Å². The molecule has 22 heavy (non-hydrogen) atoms. The summed E-state index contributed by atoms with van der Waals surface area (Å²) >= 11 is 0. The molecule has 0 aliphatic carbocycles. The van der Waals surface area contributed by atoms with Crippen LogP contribution in [-0.4, -0.2) is 13.1 Å². The number of rotatable bonds is 4. The fraction of sp³-hybridized carbons (Fsp3) is 0.222. The third kappa shape index (κ3) is 5.98. The molecule has 0 unspecified atom stereocenters. The number of hydrogen-bond donors (Lipinski definition) is 2. The molecule has 0 saturated heterocycles. The molecule has 0 radical (unpaired) electrons. The SMILES string of the molecule is CCNc1ccc(C#N)cc1.CCNc1cccc(C#N)c1. The van der Waals surface area contributed by atoms with Gasteiger partial charge < -0.3 is 10.6 Å². The highest BCUT2D eigenvalue weighted by molar-refractivity contribution is 5.49. The quantitative estimate of drug-likeness (QED) is 0.894. The summed E-state index contributed by atoms with van der Waals surface area (Å²) in [5.41, 5.74) is 3.47. The molecule has 0 heterocycles. The Morgan fingerprint density at radius 1 is 0.773 bits per heavy atom. The Bertz CT molecular complexity index is 648. The van der Waals surface area contributed by atoms with E-state index in [1.807, 2.05) is 44.2 Å². The standard InChI is InChI=1S/2C9H10N2/c1-2-11-9-5-3-8(7-10)4-6-9;1-2-11-9-5-3-4-8(6-9)7-10/h2*3-6,11H,2H2,1H3. The van der Waals surface area contributed by atoms with Gasteiger partial charge in [-0.3, -0.25) is 0 Å². The summed E-state index contributed by atoms with van der Waals surface area (Å²) in [5.74, 6) is 0. The number of hydrogen-bond acceptors (Lipinski definition) is 4. The van der Waals surface area contributed by atoms with Crippen molar-refractivity contribution in [1.29, 1.82) is 10.5 Å². The van der Waals surface area contributed by atoms with Crippen molar-refractivity contribution >= 4 is 11.4 Å². The average molecular weight is 292 g/mol. The monoisotopic (exact) mass is 292 g/mol. The molecule has 2 aromatic rings. The number of anilines is 2. The minimum absolute atomic E-state index is 0.698. The van der Waals surface area contributed by atoms with Gasteiger partial charge in [0, 0.05) is 24.5 Å². The largest absolute Gasteiger partial charge is 0.385 e. The molecule has 4 nitrogen and oxygen atoms in total.